The second-order valence-corrected chi connectivity index (χ2v) is 13.5. The van der Waals surface area contributed by atoms with Crippen LogP contribution in [0.15, 0.2) is 118 Å². The molecule has 0 aliphatic heterocycles. The van der Waals surface area contributed by atoms with Gasteiger partial charge in [0.05, 0.1) is 11.1 Å². The Morgan fingerprint density at radius 1 is 0.512 bits per heavy atom. The summed E-state index contributed by atoms with van der Waals surface area (Å²) in [6.45, 7) is 0. The van der Waals surface area contributed by atoms with E-state index >= 15 is 0 Å². The summed E-state index contributed by atoms with van der Waals surface area (Å²) < 4.78 is 108. The molecule has 4 aromatic rings. The molecule has 0 aliphatic carbocycles. The second-order valence-electron chi connectivity index (χ2n) is 9.49. The number of hydrogen-bond acceptors (Lipinski definition) is 2. The first kappa shape index (κ1) is 32.8. The van der Waals surface area contributed by atoms with Crippen molar-refractivity contribution >= 4 is 53.8 Å². The third-order valence-corrected chi connectivity index (χ3v) is 9.84. The molecule has 43 heavy (non-hydrogen) atoms. The van der Waals surface area contributed by atoms with Gasteiger partial charge >= 0.3 is 12.4 Å². The molecule has 2 nitrogen and oxygen atoms in total. The van der Waals surface area contributed by atoms with Crippen LogP contribution in [0.3, 0.4) is 0 Å². The van der Waals surface area contributed by atoms with Crippen molar-refractivity contribution < 1.29 is 34.8 Å². The molecule has 4 aromatic carbocycles. The first-order valence-electron chi connectivity index (χ1n) is 12.6. The molecule has 0 spiro atoms. The van der Waals surface area contributed by atoms with E-state index < -0.39 is 43.8 Å². The first-order valence-corrected chi connectivity index (χ1v) is 15.8. The van der Waals surface area contributed by atoms with E-state index in [-0.39, 0.29) is 0 Å². The van der Waals surface area contributed by atoms with Gasteiger partial charge in [0.1, 0.15) is 10.5 Å². The molecule has 0 saturated carbocycles. The number of rotatable bonds is 8. The summed E-state index contributed by atoms with van der Waals surface area (Å²) in [7, 11) is -4.16. The highest BCUT2D eigenvalue weighted by Gasteiger charge is 2.34. The molecule has 2 atom stereocenters. The lowest BCUT2D eigenvalue weighted by atomic mass is 10.1. The van der Waals surface area contributed by atoms with Gasteiger partial charge in [-0.3, -0.25) is 0 Å². The van der Waals surface area contributed by atoms with E-state index in [0.717, 1.165) is 24.3 Å². The molecule has 11 heteroatoms. The van der Waals surface area contributed by atoms with Gasteiger partial charge in [0.15, 0.2) is 9.84 Å². The summed E-state index contributed by atoms with van der Waals surface area (Å²) in [5, 5.41) is -2.46. The van der Waals surface area contributed by atoms with Crippen molar-refractivity contribution in [1.82, 2.24) is 0 Å². The summed E-state index contributed by atoms with van der Waals surface area (Å²) >= 11 is 6.68. The number of alkyl halides is 6. The van der Waals surface area contributed by atoms with Crippen molar-refractivity contribution in [3.63, 3.8) is 0 Å². The van der Waals surface area contributed by atoms with Crippen LogP contribution in [-0.2, 0) is 22.2 Å². The van der Waals surface area contributed by atoms with E-state index in [9.17, 15) is 34.8 Å². The van der Waals surface area contributed by atoms with Gasteiger partial charge in [0.25, 0.3) is 0 Å². The molecule has 224 valence electrons. The molecule has 0 amide bonds. The maximum Gasteiger partial charge on any atom is 0.416 e. The average Bonchev–Trinajstić information content (AvgIpc) is 2.94. The summed E-state index contributed by atoms with van der Waals surface area (Å²) in [5.41, 5.74) is -0.0970. The van der Waals surface area contributed by atoms with Gasteiger partial charge in [-0.1, -0.05) is 105 Å². The van der Waals surface area contributed by atoms with Crippen LogP contribution in [0.25, 0.3) is 12.2 Å². The fourth-order valence-electron chi connectivity index (χ4n) is 4.25. The number of halogens is 8. The Balaban J connectivity index is 1.78. The highest BCUT2D eigenvalue weighted by molar-refractivity contribution is 9.10. The Bertz CT molecular complexity index is 1570. The fraction of sp³-hybridized carbons (Fsp3) is 0.125. The van der Waals surface area contributed by atoms with Crippen LogP contribution in [0, 0.1) is 0 Å². The van der Waals surface area contributed by atoms with E-state index in [1.807, 2.05) is 0 Å². The maximum atomic E-state index is 14.4. The average molecular weight is 744 g/mol. The molecule has 0 N–H and O–H groups in total. The molecule has 0 bridgehead atoms. The minimum atomic E-state index is -4.51. The van der Waals surface area contributed by atoms with Gasteiger partial charge in [-0.05, 0) is 70.8 Å². The van der Waals surface area contributed by atoms with Crippen LogP contribution >= 0.6 is 31.9 Å². The zero-order chi connectivity index (χ0) is 31.4. The van der Waals surface area contributed by atoms with Crippen LogP contribution in [0.4, 0.5) is 26.3 Å². The van der Waals surface area contributed by atoms with Crippen molar-refractivity contribution in [2.75, 3.05) is 0 Å². The van der Waals surface area contributed by atoms with E-state index in [4.69, 9.17) is 0 Å². The Hall–Kier alpha value is -3.15. The van der Waals surface area contributed by atoms with Crippen LogP contribution in [0.2, 0.25) is 0 Å². The SMILES string of the molecule is O=S(=O)(C(C=Cc1ccc(C(F)(F)F)cc1)c1ccc(Br)cc1)C(C=Cc1ccc(C(F)(F)F)cc1)c1ccc(Br)cc1. The monoisotopic (exact) mass is 742 g/mol. The van der Waals surface area contributed by atoms with E-state index in [0.29, 0.717) is 31.2 Å². The smallest absolute Gasteiger partial charge is 0.227 e. The molecule has 2 unspecified atom stereocenters. The third-order valence-electron chi connectivity index (χ3n) is 6.51. The minimum absolute atomic E-state index is 0.366. The minimum Gasteiger partial charge on any atom is -0.227 e. The molecular formula is C32H22Br2F6O2S. The van der Waals surface area contributed by atoms with Gasteiger partial charge in [-0.15, -0.1) is 0 Å². The normalized spacial score (nSPS) is 14.3. The predicted octanol–water partition coefficient (Wildman–Crippen LogP) is 10.9. The largest absolute Gasteiger partial charge is 0.416 e. The Kier molecular flexibility index (Phi) is 10.1. The van der Waals surface area contributed by atoms with Gasteiger partial charge in [0, 0.05) is 8.95 Å². The molecule has 0 radical (unpaired) electrons. The maximum absolute atomic E-state index is 14.4. The molecule has 0 saturated heterocycles. The fourth-order valence-corrected chi connectivity index (χ4v) is 6.76. The molecule has 4 rings (SSSR count). The molecule has 0 fully saturated rings. The summed E-state index contributed by atoms with van der Waals surface area (Å²) in [6, 6.07) is 21.9. The Morgan fingerprint density at radius 2 is 0.814 bits per heavy atom. The van der Waals surface area contributed by atoms with E-state index in [1.54, 1.807) is 48.5 Å². The zero-order valence-electron chi connectivity index (χ0n) is 22.0. The predicted molar refractivity (Wildman–Crippen MR) is 164 cm³/mol. The number of benzene rings is 4. The molecule has 0 aromatic heterocycles. The lowest BCUT2D eigenvalue weighted by molar-refractivity contribution is -0.138. The van der Waals surface area contributed by atoms with Crippen LogP contribution in [-0.4, -0.2) is 8.42 Å². The van der Waals surface area contributed by atoms with Gasteiger partial charge in [-0.2, -0.15) is 26.3 Å². The van der Waals surface area contributed by atoms with Crippen LogP contribution in [0.1, 0.15) is 43.9 Å². The van der Waals surface area contributed by atoms with Crippen molar-refractivity contribution in [1.29, 1.82) is 0 Å². The van der Waals surface area contributed by atoms with Gasteiger partial charge in [-0.25, -0.2) is 8.42 Å². The lowest BCUT2D eigenvalue weighted by Crippen LogP contribution is -2.19. The zero-order valence-corrected chi connectivity index (χ0v) is 25.9. The standard InChI is InChI=1S/C32H22Br2F6O2S/c33-27-15-7-23(8-16-27)29(19-5-21-1-11-25(12-2-21)31(35,36)37)43(41,42)30(24-9-17-28(34)18-10-24)20-6-22-3-13-26(14-4-22)32(38,39)40/h1-20,29-30H. The summed E-state index contributed by atoms with van der Waals surface area (Å²) in [4.78, 5) is 0. The summed E-state index contributed by atoms with van der Waals surface area (Å²) in [6.07, 6.45) is -3.30. The topological polar surface area (TPSA) is 34.1 Å². The highest BCUT2D eigenvalue weighted by Crippen LogP contribution is 2.38. The van der Waals surface area contributed by atoms with Crippen molar-refractivity contribution in [3.05, 3.63) is 152 Å². The summed E-state index contributed by atoms with van der Waals surface area (Å²) in [5.74, 6) is 0. The van der Waals surface area contributed by atoms with Crippen molar-refractivity contribution in [2.24, 2.45) is 0 Å². The number of sulfone groups is 1. The third kappa shape index (κ3) is 8.49. The quantitative estimate of drug-likeness (QED) is 0.168. The van der Waals surface area contributed by atoms with E-state index in [1.165, 1.54) is 48.6 Å². The van der Waals surface area contributed by atoms with Crippen molar-refractivity contribution in [2.45, 2.75) is 22.9 Å². The molecular weight excluding hydrogens is 722 g/mol. The highest BCUT2D eigenvalue weighted by atomic mass is 79.9. The Morgan fingerprint density at radius 3 is 1.09 bits per heavy atom. The number of hydrogen-bond donors (Lipinski definition) is 0. The van der Waals surface area contributed by atoms with E-state index in [2.05, 4.69) is 31.9 Å². The second kappa shape index (κ2) is 13.2. The molecule has 0 aliphatic rings. The lowest BCUT2D eigenvalue weighted by Gasteiger charge is -2.22. The first-order chi connectivity index (χ1) is 20.1. The molecule has 0 heterocycles. The van der Waals surface area contributed by atoms with Crippen molar-refractivity contribution in [3.8, 4) is 0 Å². The van der Waals surface area contributed by atoms with Crippen LogP contribution < -0.4 is 0 Å². The van der Waals surface area contributed by atoms with Gasteiger partial charge in [0.2, 0.25) is 0 Å². The van der Waals surface area contributed by atoms with Crippen LogP contribution in [0.5, 0.6) is 0 Å². The Labute approximate surface area is 261 Å². The van der Waals surface area contributed by atoms with Gasteiger partial charge < -0.3 is 0 Å².